The lowest BCUT2D eigenvalue weighted by Gasteiger charge is -2.34. The Balaban J connectivity index is 1.60. The van der Waals surface area contributed by atoms with Crippen LogP contribution in [-0.2, 0) is 20.2 Å². The van der Waals surface area contributed by atoms with Crippen LogP contribution < -0.4 is 14.8 Å². The van der Waals surface area contributed by atoms with E-state index in [4.69, 9.17) is 14.2 Å². The highest BCUT2D eigenvalue weighted by Gasteiger charge is 2.51. The fourth-order valence-electron chi connectivity index (χ4n) is 5.48. The Labute approximate surface area is 260 Å². The zero-order valence-corrected chi connectivity index (χ0v) is 26.1. The number of aliphatic carboxylic acids is 1. The molecule has 45 heavy (non-hydrogen) atoms. The van der Waals surface area contributed by atoms with Gasteiger partial charge in [-0.1, -0.05) is 40.3 Å². The van der Waals surface area contributed by atoms with Crippen LogP contribution >= 0.6 is 0 Å². The number of halogens is 2. The minimum absolute atomic E-state index is 0.156. The largest absolute Gasteiger partial charge is 0.497 e. The molecule has 0 radical (unpaired) electrons. The van der Waals surface area contributed by atoms with E-state index in [9.17, 15) is 28.3 Å². The Kier molecular flexibility index (Phi) is 9.69. The average molecular weight is 631 g/mol. The van der Waals surface area contributed by atoms with Gasteiger partial charge in [0.2, 0.25) is 11.8 Å². The van der Waals surface area contributed by atoms with Gasteiger partial charge in [0, 0.05) is 12.0 Å². The summed E-state index contributed by atoms with van der Waals surface area (Å²) in [6.45, 7) is 13.4. The molecule has 0 bridgehead atoms. The summed E-state index contributed by atoms with van der Waals surface area (Å²) in [4.78, 5) is 48.7. The third-order valence-corrected chi connectivity index (χ3v) is 8.24. The Morgan fingerprint density at radius 2 is 1.89 bits per heavy atom. The van der Waals surface area contributed by atoms with E-state index < -0.39 is 65.0 Å². The van der Waals surface area contributed by atoms with E-state index in [2.05, 4.69) is 28.4 Å². The van der Waals surface area contributed by atoms with Crippen molar-refractivity contribution in [2.24, 2.45) is 17.3 Å². The number of alkyl carbamates (subject to hydrolysis) is 1. The second-order valence-electron chi connectivity index (χ2n) is 12.6. The number of carboxylic acid groups (broad SMARTS) is 1. The van der Waals surface area contributed by atoms with Crippen molar-refractivity contribution in [1.29, 1.82) is 0 Å². The van der Waals surface area contributed by atoms with Crippen molar-refractivity contribution in [2.75, 3.05) is 13.7 Å². The molecule has 2 amide bonds. The number of ether oxygens (including phenoxy) is 3. The molecular weight excluding hydrogens is 590 g/mol. The van der Waals surface area contributed by atoms with Crippen molar-refractivity contribution in [1.82, 2.24) is 20.2 Å². The van der Waals surface area contributed by atoms with Crippen molar-refractivity contribution in [3.05, 3.63) is 49.2 Å². The molecule has 11 nitrogen and oxygen atoms in total. The van der Waals surface area contributed by atoms with Crippen LogP contribution in [0.15, 0.2) is 43.5 Å². The second-order valence-corrected chi connectivity index (χ2v) is 12.6. The number of carbonyl (C=O) groups excluding carboxylic acids is 2. The van der Waals surface area contributed by atoms with Gasteiger partial charge in [-0.25, -0.2) is 19.6 Å². The van der Waals surface area contributed by atoms with Gasteiger partial charge in [-0.3, -0.25) is 4.79 Å². The number of hydrogen-bond donors (Lipinski definition) is 2. The third-order valence-electron chi connectivity index (χ3n) is 8.24. The van der Waals surface area contributed by atoms with Crippen molar-refractivity contribution < 1.29 is 42.5 Å². The van der Waals surface area contributed by atoms with Crippen molar-refractivity contribution in [2.45, 2.75) is 77.2 Å². The minimum Gasteiger partial charge on any atom is -0.497 e. The molecule has 1 saturated heterocycles. The first-order valence-electron chi connectivity index (χ1n) is 14.8. The van der Waals surface area contributed by atoms with Crippen molar-refractivity contribution in [3.8, 4) is 11.6 Å². The number of carboxylic acids is 1. The number of allylic oxidation sites excluding steroid dienone is 2. The summed E-state index contributed by atoms with van der Waals surface area (Å²) in [5, 5.41) is 12.8. The first-order valence-corrected chi connectivity index (χ1v) is 14.8. The molecule has 1 aromatic heterocycles. The highest BCUT2D eigenvalue weighted by Crippen LogP contribution is 2.39. The van der Waals surface area contributed by atoms with Crippen molar-refractivity contribution in [3.63, 3.8) is 0 Å². The summed E-state index contributed by atoms with van der Waals surface area (Å²) < 4.78 is 46.7. The lowest BCUT2D eigenvalue weighted by atomic mass is 9.85. The molecular formula is C32H40F2N4O7. The molecule has 4 rings (SSSR count). The molecule has 6 atom stereocenters. The summed E-state index contributed by atoms with van der Waals surface area (Å²) in [6, 6.07) is 1.99. The van der Waals surface area contributed by atoms with E-state index in [1.807, 2.05) is 0 Å². The van der Waals surface area contributed by atoms with E-state index in [1.54, 1.807) is 39.8 Å². The Morgan fingerprint density at radius 3 is 2.49 bits per heavy atom. The maximum absolute atomic E-state index is 15.0. The summed E-state index contributed by atoms with van der Waals surface area (Å²) in [6.07, 6.45) is 2.47. The number of amides is 2. The summed E-state index contributed by atoms with van der Waals surface area (Å²) in [7, 11) is 1.44. The van der Waals surface area contributed by atoms with E-state index in [0.717, 1.165) is 24.2 Å². The predicted molar refractivity (Wildman–Crippen MR) is 161 cm³/mol. The normalized spacial score (nSPS) is 23.6. The SMILES string of the molecule is C=CCC[C@@H]1C[C@H]1OC(=O)N[C@H](C(=O)N1C[C@H](Oc2nc3cc(OC)ccc3nc2C(F)(F)C=C)[C@@H](C)[C@H]1C(=O)O)C(C)(C)C. The van der Waals surface area contributed by atoms with Crippen LogP contribution in [0.5, 0.6) is 11.6 Å². The van der Waals surface area contributed by atoms with Gasteiger partial charge >= 0.3 is 18.0 Å². The summed E-state index contributed by atoms with van der Waals surface area (Å²) in [5.41, 5.74) is -1.28. The van der Waals surface area contributed by atoms with Crippen molar-refractivity contribution >= 4 is 29.0 Å². The number of fused-ring (bicyclic) bond motifs is 1. The lowest BCUT2D eigenvalue weighted by Crippen LogP contribution is -2.57. The molecule has 13 heteroatoms. The van der Waals surface area contributed by atoms with E-state index >= 15 is 0 Å². The number of nitrogens with one attached hydrogen (secondary N) is 1. The smallest absolute Gasteiger partial charge is 0.408 e. The molecule has 2 heterocycles. The van der Waals surface area contributed by atoms with Crippen LogP contribution in [0.4, 0.5) is 13.6 Å². The van der Waals surface area contributed by atoms with Gasteiger partial charge < -0.3 is 29.5 Å². The van der Waals surface area contributed by atoms with Gasteiger partial charge in [0.05, 0.1) is 24.7 Å². The van der Waals surface area contributed by atoms with Crippen LogP contribution in [0, 0.1) is 17.3 Å². The Morgan fingerprint density at radius 1 is 1.18 bits per heavy atom. The number of carbonyl (C=O) groups is 3. The molecule has 1 aliphatic carbocycles. The maximum Gasteiger partial charge on any atom is 0.408 e. The Hall–Kier alpha value is -4.29. The highest BCUT2D eigenvalue weighted by molar-refractivity contribution is 5.90. The van der Waals surface area contributed by atoms with Crippen LogP contribution in [0.1, 0.15) is 52.7 Å². The summed E-state index contributed by atoms with van der Waals surface area (Å²) >= 11 is 0. The minimum atomic E-state index is -3.63. The first-order chi connectivity index (χ1) is 21.1. The molecule has 1 aromatic carbocycles. The first kappa shape index (κ1) is 33.6. The zero-order chi connectivity index (χ0) is 33.3. The fraction of sp³-hybridized carbons (Fsp3) is 0.531. The number of nitrogens with zero attached hydrogens (tertiary/aromatic N) is 3. The van der Waals surface area contributed by atoms with Gasteiger partial charge in [0.25, 0.3) is 0 Å². The molecule has 2 N–H and O–H groups in total. The standard InChI is InChI=1S/C32H40F2N4O7/c1-8-10-11-18-14-22(18)45-30(42)37-26(31(4,5)6)28(39)38-16-23(17(3)24(38)29(40)41)44-27-25(32(33,34)9-2)35-20-13-12-19(43-7)15-21(20)36-27/h8-9,12-13,15,17-18,22-24,26H,1-2,10-11,14,16H2,3-7H3,(H,37,42)(H,40,41)/t17-,18-,22-,23+,24+,26-/m1/s1. The average Bonchev–Trinajstić information content (AvgIpc) is 3.63. The van der Waals surface area contributed by atoms with Gasteiger partial charge in [-0.15, -0.1) is 6.58 Å². The monoisotopic (exact) mass is 630 g/mol. The number of benzene rings is 1. The van der Waals surface area contributed by atoms with Gasteiger partial charge in [-0.2, -0.15) is 8.78 Å². The molecule has 2 aromatic rings. The second kappa shape index (κ2) is 13.0. The van der Waals surface area contributed by atoms with Gasteiger partial charge in [0.1, 0.15) is 30.0 Å². The number of methoxy groups -OCH3 is 1. The topological polar surface area (TPSA) is 140 Å². The van der Waals surface area contributed by atoms with Crippen LogP contribution in [0.2, 0.25) is 0 Å². The molecule has 1 saturated carbocycles. The number of aromatic nitrogens is 2. The molecule has 1 aliphatic heterocycles. The van der Waals surface area contributed by atoms with Crippen LogP contribution in [-0.4, -0.2) is 75.9 Å². The number of rotatable bonds is 12. The lowest BCUT2D eigenvalue weighted by molar-refractivity contribution is -0.151. The molecule has 2 fully saturated rings. The van der Waals surface area contributed by atoms with Gasteiger partial charge in [-0.05, 0) is 48.8 Å². The van der Waals surface area contributed by atoms with E-state index in [1.165, 1.54) is 19.2 Å². The zero-order valence-electron chi connectivity index (χ0n) is 26.1. The molecule has 0 spiro atoms. The molecule has 0 unspecified atom stereocenters. The third kappa shape index (κ3) is 7.34. The number of likely N-dealkylation sites (tertiary alicyclic amines) is 1. The predicted octanol–water partition coefficient (Wildman–Crippen LogP) is 5.09. The van der Waals surface area contributed by atoms with E-state index in [0.29, 0.717) is 11.8 Å². The molecule has 2 aliphatic rings. The highest BCUT2D eigenvalue weighted by atomic mass is 19.3. The van der Waals surface area contributed by atoms with E-state index in [-0.39, 0.29) is 29.6 Å². The summed E-state index contributed by atoms with van der Waals surface area (Å²) in [5.74, 6) is -6.36. The van der Waals surface area contributed by atoms with Gasteiger partial charge in [0.15, 0.2) is 5.69 Å². The fourth-order valence-corrected chi connectivity index (χ4v) is 5.48. The van der Waals surface area contributed by atoms with Crippen LogP contribution in [0.25, 0.3) is 11.0 Å². The molecule has 244 valence electrons. The quantitative estimate of drug-likeness (QED) is 0.307. The van der Waals surface area contributed by atoms with Crippen LogP contribution in [0.3, 0.4) is 0 Å². The number of hydrogen-bond acceptors (Lipinski definition) is 8. The maximum atomic E-state index is 15.0. The Bertz CT molecular complexity index is 1480. The number of alkyl halides is 2.